The number of hydrogen-bond acceptors (Lipinski definition) is 4. The standard InChI is InChI=1S/C24H35N2O4/c1-26-15-6-5-13-22(26)20(11-8-16-26)18-29-23(27)21-12-7-14-25(21)24(28)30-17-19-9-3-2-4-10-19/h2-4,9-10,20-22H,5-8,11-18H2,1H3/q+1/t20-,21+,22-,26?/m1/s1. The Morgan fingerprint density at radius 3 is 2.63 bits per heavy atom. The van der Waals surface area contributed by atoms with Crippen LogP contribution in [0, 0.1) is 5.92 Å². The number of likely N-dealkylation sites (tertiary alicyclic amines) is 1. The molecule has 30 heavy (non-hydrogen) atoms. The summed E-state index contributed by atoms with van der Waals surface area (Å²) in [4.78, 5) is 27.0. The third kappa shape index (κ3) is 4.64. The van der Waals surface area contributed by atoms with Crippen LogP contribution >= 0.6 is 0 Å². The molecule has 3 fully saturated rings. The average Bonchev–Trinajstić information content (AvgIpc) is 3.26. The first kappa shape index (κ1) is 21.2. The van der Waals surface area contributed by atoms with Crippen LogP contribution in [0.1, 0.15) is 50.5 Å². The van der Waals surface area contributed by atoms with E-state index in [1.165, 1.54) is 38.8 Å². The van der Waals surface area contributed by atoms with E-state index in [0.29, 0.717) is 31.5 Å². The number of esters is 1. The number of hydrogen-bond donors (Lipinski definition) is 0. The number of quaternary nitrogens is 1. The monoisotopic (exact) mass is 415 g/mol. The SMILES string of the molecule is C[N+]12CCCC[C@@H]1[C@@H](COC(=O)[C@@H]1CCCN1C(=O)OCc1ccccc1)CCC2. The molecule has 0 N–H and O–H groups in total. The van der Waals surface area contributed by atoms with Crippen molar-refractivity contribution in [3.63, 3.8) is 0 Å². The smallest absolute Gasteiger partial charge is 0.410 e. The maximum Gasteiger partial charge on any atom is 0.410 e. The molecule has 6 nitrogen and oxygen atoms in total. The Labute approximate surface area is 179 Å². The number of carbonyl (C=O) groups excluding carboxylic acids is 2. The normalized spacial score (nSPS) is 31.1. The molecule has 3 aliphatic rings. The van der Waals surface area contributed by atoms with Gasteiger partial charge in [0.15, 0.2) is 0 Å². The van der Waals surface area contributed by atoms with Crippen molar-refractivity contribution in [2.24, 2.45) is 5.92 Å². The highest BCUT2D eigenvalue weighted by Crippen LogP contribution is 2.36. The summed E-state index contributed by atoms with van der Waals surface area (Å²) in [5.74, 6) is 0.174. The van der Waals surface area contributed by atoms with Crippen molar-refractivity contribution in [3.05, 3.63) is 35.9 Å². The van der Waals surface area contributed by atoms with Gasteiger partial charge < -0.3 is 14.0 Å². The molecule has 3 heterocycles. The van der Waals surface area contributed by atoms with Crippen LogP contribution in [0.15, 0.2) is 30.3 Å². The lowest BCUT2D eigenvalue weighted by molar-refractivity contribution is -0.947. The van der Waals surface area contributed by atoms with E-state index in [9.17, 15) is 9.59 Å². The van der Waals surface area contributed by atoms with E-state index in [0.717, 1.165) is 22.9 Å². The average molecular weight is 416 g/mol. The van der Waals surface area contributed by atoms with Crippen molar-refractivity contribution in [3.8, 4) is 0 Å². The zero-order valence-electron chi connectivity index (χ0n) is 18.1. The molecule has 0 spiro atoms. The van der Waals surface area contributed by atoms with E-state index >= 15 is 0 Å². The van der Waals surface area contributed by atoms with Crippen LogP contribution in [-0.2, 0) is 20.9 Å². The molecule has 1 aromatic rings. The zero-order chi connectivity index (χ0) is 21.0. The van der Waals surface area contributed by atoms with Crippen LogP contribution in [-0.4, -0.2) is 66.8 Å². The Hall–Kier alpha value is -2.08. The lowest BCUT2D eigenvalue weighted by atomic mass is 9.82. The lowest BCUT2D eigenvalue weighted by Crippen LogP contribution is -2.61. The number of ether oxygens (including phenoxy) is 2. The largest absolute Gasteiger partial charge is 0.464 e. The number of carbonyl (C=O) groups is 2. The van der Waals surface area contributed by atoms with Crippen LogP contribution in [0.2, 0.25) is 0 Å². The summed E-state index contributed by atoms with van der Waals surface area (Å²) in [5, 5.41) is 0. The second-order valence-corrected chi connectivity index (χ2v) is 9.41. The van der Waals surface area contributed by atoms with Gasteiger partial charge in [-0.15, -0.1) is 0 Å². The molecule has 0 aliphatic carbocycles. The summed E-state index contributed by atoms with van der Waals surface area (Å²) in [6.45, 7) is 3.75. The van der Waals surface area contributed by atoms with E-state index in [-0.39, 0.29) is 12.6 Å². The molecule has 1 unspecified atom stereocenters. The van der Waals surface area contributed by atoms with E-state index in [1.807, 2.05) is 30.3 Å². The van der Waals surface area contributed by atoms with Gasteiger partial charge in [-0.1, -0.05) is 30.3 Å². The van der Waals surface area contributed by atoms with Gasteiger partial charge in [0.05, 0.1) is 32.8 Å². The van der Waals surface area contributed by atoms with Gasteiger partial charge in [-0.25, -0.2) is 9.59 Å². The highest BCUT2D eigenvalue weighted by molar-refractivity contribution is 5.82. The van der Waals surface area contributed by atoms with E-state index in [4.69, 9.17) is 9.47 Å². The zero-order valence-corrected chi connectivity index (χ0v) is 18.1. The molecule has 164 valence electrons. The van der Waals surface area contributed by atoms with Crippen LogP contribution in [0.4, 0.5) is 4.79 Å². The van der Waals surface area contributed by atoms with Gasteiger partial charge in [-0.3, -0.25) is 4.90 Å². The second kappa shape index (κ2) is 9.38. The molecule has 6 heteroatoms. The summed E-state index contributed by atoms with van der Waals surface area (Å²) >= 11 is 0. The molecule has 0 aromatic heterocycles. The molecular formula is C24H35N2O4+. The number of benzene rings is 1. The van der Waals surface area contributed by atoms with Crippen molar-refractivity contribution >= 4 is 12.1 Å². The summed E-state index contributed by atoms with van der Waals surface area (Å²) < 4.78 is 12.4. The van der Waals surface area contributed by atoms with Crippen molar-refractivity contribution in [1.29, 1.82) is 0 Å². The van der Waals surface area contributed by atoms with Crippen LogP contribution in [0.5, 0.6) is 0 Å². The number of amides is 1. The number of nitrogens with zero attached hydrogens (tertiary/aromatic N) is 2. The van der Waals surface area contributed by atoms with E-state index in [2.05, 4.69) is 7.05 Å². The van der Waals surface area contributed by atoms with Crippen molar-refractivity contribution in [2.45, 2.75) is 63.6 Å². The Morgan fingerprint density at radius 2 is 1.80 bits per heavy atom. The summed E-state index contributed by atoms with van der Waals surface area (Å²) in [6, 6.07) is 9.70. The van der Waals surface area contributed by atoms with Crippen molar-refractivity contribution < 1.29 is 23.5 Å². The quantitative estimate of drug-likeness (QED) is 0.543. The van der Waals surface area contributed by atoms with Crippen LogP contribution in [0.25, 0.3) is 0 Å². The van der Waals surface area contributed by atoms with Gasteiger partial charge in [-0.05, 0) is 44.1 Å². The van der Waals surface area contributed by atoms with Gasteiger partial charge in [0.25, 0.3) is 0 Å². The molecule has 3 saturated heterocycles. The van der Waals surface area contributed by atoms with Crippen LogP contribution < -0.4 is 0 Å². The maximum atomic E-state index is 12.8. The first-order valence-corrected chi connectivity index (χ1v) is 11.5. The van der Waals surface area contributed by atoms with Crippen LogP contribution in [0.3, 0.4) is 0 Å². The first-order chi connectivity index (χ1) is 14.6. The van der Waals surface area contributed by atoms with Crippen molar-refractivity contribution in [2.75, 3.05) is 33.3 Å². The van der Waals surface area contributed by atoms with Gasteiger partial charge in [-0.2, -0.15) is 0 Å². The molecule has 1 aromatic carbocycles. The first-order valence-electron chi connectivity index (χ1n) is 11.5. The predicted molar refractivity (Wildman–Crippen MR) is 114 cm³/mol. The predicted octanol–water partition coefficient (Wildman–Crippen LogP) is 3.74. The summed E-state index contributed by atoms with van der Waals surface area (Å²) in [6.07, 6.45) is 7.21. The third-order valence-electron chi connectivity index (χ3n) is 7.41. The fourth-order valence-electron chi connectivity index (χ4n) is 5.75. The van der Waals surface area contributed by atoms with Gasteiger partial charge in [0, 0.05) is 18.9 Å². The van der Waals surface area contributed by atoms with Crippen molar-refractivity contribution in [1.82, 2.24) is 4.90 Å². The maximum absolute atomic E-state index is 12.8. The summed E-state index contributed by atoms with van der Waals surface area (Å²) in [5.41, 5.74) is 0.940. The molecule has 0 bridgehead atoms. The Morgan fingerprint density at radius 1 is 1.00 bits per heavy atom. The van der Waals surface area contributed by atoms with E-state index < -0.39 is 12.1 Å². The fourth-order valence-corrected chi connectivity index (χ4v) is 5.75. The minimum Gasteiger partial charge on any atom is -0.464 e. The minimum absolute atomic E-state index is 0.220. The minimum atomic E-state index is -0.510. The third-order valence-corrected chi connectivity index (χ3v) is 7.41. The fraction of sp³-hybridized carbons (Fsp3) is 0.667. The van der Waals surface area contributed by atoms with E-state index in [1.54, 1.807) is 4.90 Å². The number of fused-ring (bicyclic) bond motifs is 1. The molecule has 4 atom stereocenters. The topological polar surface area (TPSA) is 55.8 Å². The lowest BCUT2D eigenvalue weighted by Gasteiger charge is -2.51. The Kier molecular flexibility index (Phi) is 6.61. The van der Waals surface area contributed by atoms with Gasteiger partial charge in [0.1, 0.15) is 12.6 Å². The molecule has 0 radical (unpaired) electrons. The van der Waals surface area contributed by atoms with Gasteiger partial charge in [0.2, 0.25) is 0 Å². The second-order valence-electron chi connectivity index (χ2n) is 9.41. The summed E-state index contributed by atoms with van der Waals surface area (Å²) in [7, 11) is 2.37. The number of rotatable bonds is 5. The highest BCUT2D eigenvalue weighted by Gasteiger charge is 2.44. The molecule has 1 amide bonds. The molecule has 3 aliphatic heterocycles. The Bertz CT molecular complexity index is 736. The molecule has 4 rings (SSSR count). The molecular weight excluding hydrogens is 380 g/mol. The van der Waals surface area contributed by atoms with Gasteiger partial charge >= 0.3 is 12.1 Å². The molecule has 0 saturated carbocycles. The Balaban J connectivity index is 1.29. The number of piperidine rings is 2. The highest BCUT2D eigenvalue weighted by atomic mass is 16.6.